The molecular formula is C7H6F3N5S. The van der Waals surface area contributed by atoms with Crippen LogP contribution < -0.4 is 5.32 Å². The summed E-state index contributed by atoms with van der Waals surface area (Å²) in [6.45, 7) is 0.350. The zero-order valence-corrected chi connectivity index (χ0v) is 8.56. The molecule has 0 amide bonds. The van der Waals surface area contributed by atoms with Gasteiger partial charge in [0.1, 0.15) is 0 Å². The Kier molecular flexibility index (Phi) is 2.77. The highest BCUT2D eigenvalue weighted by molar-refractivity contribution is 7.15. The molecule has 0 atom stereocenters. The minimum atomic E-state index is -4.44. The first-order chi connectivity index (χ1) is 7.55. The molecule has 0 aromatic carbocycles. The van der Waals surface area contributed by atoms with Gasteiger partial charge in [-0.25, -0.2) is 0 Å². The minimum absolute atomic E-state index is 0.133. The summed E-state index contributed by atoms with van der Waals surface area (Å²) < 4.78 is 36.5. The third-order valence-corrected chi connectivity index (χ3v) is 2.59. The fourth-order valence-corrected chi connectivity index (χ4v) is 1.57. The van der Waals surface area contributed by atoms with Gasteiger partial charge in [0.05, 0.1) is 6.20 Å². The van der Waals surface area contributed by atoms with E-state index in [1.165, 1.54) is 0 Å². The van der Waals surface area contributed by atoms with E-state index in [-0.39, 0.29) is 5.13 Å². The van der Waals surface area contributed by atoms with Crippen molar-refractivity contribution in [1.29, 1.82) is 0 Å². The van der Waals surface area contributed by atoms with Crippen LogP contribution in [0, 0.1) is 0 Å². The number of nitrogens with one attached hydrogen (secondary N) is 2. The average molecular weight is 249 g/mol. The smallest absolute Gasteiger partial charge is 0.356 e. The third-order valence-electron chi connectivity index (χ3n) is 1.67. The zero-order valence-electron chi connectivity index (χ0n) is 7.75. The first-order valence-corrected chi connectivity index (χ1v) is 4.99. The number of hydrogen-bond donors (Lipinski definition) is 2. The Balaban J connectivity index is 1.98. The van der Waals surface area contributed by atoms with Gasteiger partial charge in [0, 0.05) is 18.3 Å². The van der Waals surface area contributed by atoms with Gasteiger partial charge in [-0.05, 0) is 0 Å². The normalized spacial score (nSPS) is 11.7. The van der Waals surface area contributed by atoms with Crippen LogP contribution in [0.25, 0.3) is 0 Å². The number of rotatable bonds is 3. The Morgan fingerprint density at radius 3 is 2.75 bits per heavy atom. The van der Waals surface area contributed by atoms with E-state index < -0.39 is 11.2 Å². The van der Waals surface area contributed by atoms with Gasteiger partial charge >= 0.3 is 6.18 Å². The van der Waals surface area contributed by atoms with E-state index in [9.17, 15) is 13.2 Å². The maximum Gasteiger partial charge on any atom is 0.445 e. The van der Waals surface area contributed by atoms with Crippen LogP contribution in [-0.2, 0) is 12.7 Å². The topological polar surface area (TPSA) is 66.5 Å². The van der Waals surface area contributed by atoms with Crippen molar-refractivity contribution in [3.63, 3.8) is 0 Å². The van der Waals surface area contributed by atoms with Gasteiger partial charge < -0.3 is 5.32 Å². The van der Waals surface area contributed by atoms with E-state index in [1.807, 2.05) is 0 Å². The Labute approximate surface area is 91.7 Å². The van der Waals surface area contributed by atoms with Gasteiger partial charge in [-0.15, -0.1) is 10.2 Å². The molecule has 2 rings (SSSR count). The van der Waals surface area contributed by atoms with E-state index in [4.69, 9.17) is 0 Å². The predicted molar refractivity (Wildman–Crippen MR) is 50.8 cm³/mol. The van der Waals surface area contributed by atoms with Crippen LogP contribution in [0.3, 0.4) is 0 Å². The van der Waals surface area contributed by atoms with Crippen molar-refractivity contribution in [2.75, 3.05) is 5.32 Å². The van der Waals surface area contributed by atoms with Gasteiger partial charge in [-0.2, -0.15) is 18.3 Å². The second-order valence-corrected chi connectivity index (χ2v) is 3.85. The van der Waals surface area contributed by atoms with Crippen molar-refractivity contribution < 1.29 is 13.2 Å². The predicted octanol–water partition coefficient (Wildman–Crippen LogP) is 1.89. The summed E-state index contributed by atoms with van der Waals surface area (Å²) in [6.07, 6.45) is -1.23. The van der Waals surface area contributed by atoms with Gasteiger partial charge in [0.25, 0.3) is 0 Å². The molecule has 0 spiro atoms. The van der Waals surface area contributed by atoms with Crippen molar-refractivity contribution >= 4 is 16.5 Å². The molecule has 86 valence electrons. The van der Waals surface area contributed by atoms with Crippen LogP contribution in [-0.4, -0.2) is 20.4 Å². The average Bonchev–Trinajstić information content (AvgIpc) is 2.85. The van der Waals surface area contributed by atoms with Crippen molar-refractivity contribution in [2.45, 2.75) is 12.7 Å². The van der Waals surface area contributed by atoms with Crippen LogP contribution in [0.2, 0.25) is 0 Å². The fraction of sp³-hybridized carbons (Fsp3) is 0.286. The highest BCUT2D eigenvalue weighted by Gasteiger charge is 2.35. The highest BCUT2D eigenvalue weighted by atomic mass is 32.1. The Bertz CT molecular complexity index is 449. The lowest BCUT2D eigenvalue weighted by molar-refractivity contribution is -0.138. The lowest BCUT2D eigenvalue weighted by Gasteiger charge is -1.98. The third kappa shape index (κ3) is 2.48. The van der Waals surface area contributed by atoms with E-state index in [1.54, 1.807) is 12.4 Å². The molecule has 0 radical (unpaired) electrons. The van der Waals surface area contributed by atoms with E-state index in [2.05, 4.69) is 25.7 Å². The minimum Gasteiger partial charge on any atom is -0.356 e. The van der Waals surface area contributed by atoms with Crippen LogP contribution in [0.1, 0.15) is 10.6 Å². The summed E-state index contributed by atoms with van der Waals surface area (Å²) in [6, 6.07) is 0. The number of alkyl halides is 3. The zero-order chi connectivity index (χ0) is 11.6. The number of anilines is 1. The SMILES string of the molecule is FC(F)(F)c1nnc(NCc2cn[nH]c2)s1. The summed E-state index contributed by atoms with van der Waals surface area (Å²) >= 11 is 0.473. The summed E-state index contributed by atoms with van der Waals surface area (Å²) in [5.74, 6) is 0. The first kappa shape index (κ1) is 10.9. The lowest BCUT2D eigenvalue weighted by Crippen LogP contribution is -2.03. The lowest BCUT2D eigenvalue weighted by atomic mass is 10.4. The van der Waals surface area contributed by atoms with Crippen molar-refractivity contribution in [2.24, 2.45) is 0 Å². The van der Waals surface area contributed by atoms with E-state index >= 15 is 0 Å². The number of aromatic amines is 1. The second kappa shape index (κ2) is 4.08. The molecule has 0 saturated heterocycles. The van der Waals surface area contributed by atoms with Gasteiger partial charge in [-0.3, -0.25) is 5.10 Å². The van der Waals surface area contributed by atoms with E-state index in [0.29, 0.717) is 17.9 Å². The van der Waals surface area contributed by atoms with E-state index in [0.717, 1.165) is 5.56 Å². The molecule has 0 aliphatic carbocycles. The van der Waals surface area contributed by atoms with Gasteiger partial charge in [-0.1, -0.05) is 11.3 Å². The molecular weight excluding hydrogens is 243 g/mol. The summed E-state index contributed by atoms with van der Waals surface area (Å²) in [5.41, 5.74) is 0.823. The van der Waals surface area contributed by atoms with Gasteiger partial charge in [0.2, 0.25) is 10.1 Å². The van der Waals surface area contributed by atoms with Gasteiger partial charge in [0.15, 0.2) is 0 Å². The highest BCUT2D eigenvalue weighted by Crippen LogP contribution is 2.32. The molecule has 2 N–H and O–H groups in total. The van der Waals surface area contributed by atoms with Crippen LogP contribution in [0.4, 0.5) is 18.3 Å². The van der Waals surface area contributed by atoms with Crippen molar-refractivity contribution in [3.8, 4) is 0 Å². The molecule has 0 bridgehead atoms. The molecule has 2 aromatic heterocycles. The quantitative estimate of drug-likeness (QED) is 0.871. The molecule has 0 unspecified atom stereocenters. The molecule has 5 nitrogen and oxygen atoms in total. The number of H-pyrrole nitrogens is 1. The number of aromatic nitrogens is 4. The summed E-state index contributed by atoms with van der Waals surface area (Å²) in [4.78, 5) is 0. The van der Waals surface area contributed by atoms with Crippen LogP contribution >= 0.6 is 11.3 Å². The second-order valence-electron chi connectivity index (χ2n) is 2.87. The molecule has 0 aliphatic heterocycles. The fourth-order valence-electron chi connectivity index (χ4n) is 0.961. The van der Waals surface area contributed by atoms with Crippen molar-refractivity contribution in [3.05, 3.63) is 23.0 Å². The Morgan fingerprint density at radius 1 is 1.38 bits per heavy atom. The molecule has 9 heteroatoms. The molecule has 0 fully saturated rings. The Morgan fingerprint density at radius 2 is 2.19 bits per heavy atom. The largest absolute Gasteiger partial charge is 0.445 e. The van der Waals surface area contributed by atoms with Crippen molar-refractivity contribution in [1.82, 2.24) is 20.4 Å². The van der Waals surface area contributed by atoms with Crippen LogP contribution in [0.15, 0.2) is 12.4 Å². The number of halogens is 3. The molecule has 2 heterocycles. The molecule has 2 aromatic rings. The summed E-state index contributed by atoms with van der Waals surface area (Å²) in [7, 11) is 0. The summed E-state index contributed by atoms with van der Waals surface area (Å²) in [5, 5.41) is 14.6. The standard InChI is InChI=1S/C7H6F3N5S/c8-7(9,10)5-14-15-6(16-5)11-1-4-2-12-13-3-4/h2-3H,1H2,(H,11,15)(H,12,13). The molecule has 0 aliphatic rings. The monoisotopic (exact) mass is 249 g/mol. The first-order valence-electron chi connectivity index (χ1n) is 4.18. The number of hydrogen-bond acceptors (Lipinski definition) is 5. The Hall–Kier alpha value is -1.64. The van der Waals surface area contributed by atoms with Crippen LogP contribution in [0.5, 0.6) is 0 Å². The molecule has 0 saturated carbocycles. The number of nitrogens with zero attached hydrogens (tertiary/aromatic N) is 3. The maximum absolute atomic E-state index is 12.2. The maximum atomic E-state index is 12.2. The molecule has 16 heavy (non-hydrogen) atoms.